The Morgan fingerprint density at radius 1 is 1.00 bits per heavy atom. The van der Waals surface area contributed by atoms with Crippen LogP contribution < -0.4 is 15.4 Å². The Hall–Kier alpha value is -3.72. The van der Waals surface area contributed by atoms with Gasteiger partial charge in [0.25, 0.3) is 5.91 Å². The van der Waals surface area contributed by atoms with Crippen molar-refractivity contribution in [1.82, 2.24) is 5.32 Å². The normalized spacial score (nSPS) is 12.2. The van der Waals surface area contributed by atoms with E-state index in [1.54, 1.807) is 54.6 Å². The number of aliphatic carboxylic acids is 1. The molecule has 3 aromatic rings. The van der Waals surface area contributed by atoms with Crippen LogP contribution in [0.3, 0.4) is 0 Å². The molecule has 0 heterocycles. The Balaban J connectivity index is 1.57. The van der Waals surface area contributed by atoms with E-state index in [1.165, 1.54) is 12.1 Å². The molecule has 0 aliphatic carbocycles. The average molecular weight is 563 g/mol. The van der Waals surface area contributed by atoms with Crippen molar-refractivity contribution in [2.75, 3.05) is 18.5 Å². The van der Waals surface area contributed by atoms with Crippen molar-refractivity contribution in [2.45, 2.75) is 38.9 Å². The predicted octanol–water partition coefficient (Wildman–Crippen LogP) is 6.83. The third-order valence-corrected chi connectivity index (χ3v) is 6.27. The number of ether oxygens (including phenoxy) is 1. The van der Waals surface area contributed by atoms with Crippen LogP contribution >= 0.6 is 11.6 Å². The Morgan fingerprint density at radius 3 is 2.23 bits per heavy atom. The van der Waals surface area contributed by atoms with Gasteiger partial charge in [0.1, 0.15) is 12.4 Å². The van der Waals surface area contributed by atoms with Crippen LogP contribution in [0.25, 0.3) is 11.1 Å². The van der Waals surface area contributed by atoms with E-state index in [0.717, 1.165) is 11.3 Å². The van der Waals surface area contributed by atoms with Gasteiger partial charge in [0.2, 0.25) is 0 Å². The fourth-order valence-corrected chi connectivity index (χ4v) is 4.08. The molecule has 1 atom stereocenters. The molecule has 3 rings (SSSR count). The van der Waals surface area contributed by atoms with E-state index in [9.17, 15) is 22.8 Å². The molecule has 1 amide bonds. The number of benzene rings is 3. The molecule has 0 radical (unpaired) electrons. The standard InChI is InChI=1S/C29H30ClF3N2O4/c1-18(2)26(35-22-8-4-21(5-9-22)28(38)34-14-13-27(36)37)17-39-23-10-6-20(7-11-23)24-12-3-19(15-25(24)30)16-29(31,32)33/h3-12,15,18,26,35H,13-14,16-17H2,1-2H3,(H,34,38)(H,36,37). The number of carboxylic acid groups (broad SMARTS) is 1. The smallest absolute Gasteiger partial charge is 0.393 e. The van der Waals surface area contributed by atoms with E-state index >= 15 is 0 Å². The number of carboxylic acids is 1. The first-order valence-corrected chi connectivity index (χ1v) is 12.7. The molecule has 0 saturated carbocycles. The van der Waals surface area contributed by atoms with Gasteiger partial charge in [0.15, 0.2) is 0 Å². The second-order valence-electron chi connectivity index (χ2n) is 9.41. The van der Waals surface area contributed by atoms with Gasteiger partial charge in [-0.1, -0.05) is 49.7 Å². The van der Waals surface area contributed by atoms with Crippen LogP contribution in [0.1, 0.15) is 36.2 Å². The summed E-state index contributed by atoms with van der Waals surface area (Å²) < 4.78 is 44.0. The van der Waals surface area contributed by atoms with Crippen molar-refractivity contribution >= 4 is 29.2 Å². The summed E-state index contributed by atoms with van der Waals surface area (Å²) in [5.74, 6) is -0.468. The van der Waals surface area contributed by atoms with Gasteiger partial charge in [-0.3, -0.25) is 9.59 Å². The minimum atomic E-state index is -4.29. The number of carbonyl (C=O) groups is 2. The maximum Gasteiger partial charge on any atom is 0.393 e. The third-order valence-electron chi connectivity index (χ3n) is 5.96. The highest BCUT2D eigenvalue weighted by atomic mass is 35.5. The first-order valence-electron chi connectivity index (χ1n) is 12.4. The molecule has 39 heavy (non-hydrogen) atoms. The van der Waals surface area contributed by atoms with E-state index in [-0.39, 0.29) is 41.4 Å². The topological polar surface area (TPSA) is 87.7 Å². The second-order valence-corrected chi connectivity index (χ2v) is 9.82. The predicted molar refractivity (Wildman–Crippen MR) is 145 cm³/mol. The first-order chi connectivity index (χ1) is 18.4. The lowest BCUT2D eigenvalue weighted by atomic mass is 10.0. The number of alkyl halides is 3. The molecule has 0 saturated heterocycles. The first kappa shape index (κ1) is 29.8. The van der Waals surface area contributed by atoms with Crippen LogP contribution in [-0.2, 0) is 11.2 Å². The highest BCUT2D eigenvalue weighted by Gasteiger charge is 2.27. The summed E-state index contributed by atoms with van der Waals surface area (Å²) in [6.45, 7) is 4.53. The molecule has 0 fully saturated rings. The van der Waals surface area contributed by atoms with E-state index in [0.29, 0.717) is 23.5 Å². The van der Waals surface area contributed by atoms with Crippen LogP contribution in [0.15, 0.2) is 66.7 Å². The van der Waals surface area contributed by atoms with Gasteiger partial charge in [-0.25, -0.2) is 0 Å². The number of rotatable bonds is 12. The van der Waals surface area contributed by atoms with Crippen LogP contribution in [0, 0.1) is 5.92 Å². The minimum Gasteiger partial charge on any atom is -0.491 e. The van der Waals surface area contributed by atoms with Crippen molar-refractivity contribution in [3.63, 3.8) is 0 Å². The number of nitrogens with one attached hydrogen (secondary N) is 2. The Bertz CT molecular complexity index is 1260. The van der Waals surface area contributed by atoms with Crippen molar-refractivity contribution < 1.29 is 32.6 Å². The number of anilines is 1. The molecule has 6 nitrogen and oxygen atoms in total. The van der Waals surface area contributed by atoms with E-state index in [2.05, 4.69) is 24.5 Å². The second kappa shape index (κ2) is 13.4. The SMILES string of the molecule is CC(C)C(COc1ccc(-c2ccc(CC(F)(F)F)cc2Cl)cc1)Nc1ccc(C(=O)NCCC(=O)O)cc1. The number of hydrogen-bond donors (Lipinski definition) is 3. The number of halogens is 4. The quantitative estimate of drug-likeness (QED) is 0.225. The van der Waals surface area contributed by atoms with Crippen molar-refractivity contribution in [3.8, 4) is 16.9 Å². The van der Waals surface area contributed by atoms with E-state index in [4.69, 9.17) is 21.4 Å². The zero-order chi connectivity index (χ0) is 28.6. The summed E-state index contributed by atoms with van der Waals surface area (Å²) in [6, 6.07) is 18.4. The summed E-state index contributed by atoms with van der Waals surface area (Å²) >= 11 is 6.26. The lowest BCUT2D eigenvalue weighted by Crippen LogP contribution is -2.32. The Kier molecular flexibility index (Phi) is 10.2. The highest BCUT2D eigenvalue weighted by molar-refractivity contribution is 6.33. The van der Waals surface area contributed by atoms with Gasteiger partial charge in [0, 0.05) is 28.4 Å². The van der Waals surface area contributed by atoms with Gasteiger partial charge in [-0.2, -0.15) is 13.2 Å². The number of amides is 1. The van der Waals surface area contributed by atoms with Gasteiger partial charge in [0.05, 0.1) is 18.9 Å². The fourth-order valence-electron chi connectivity index (χ4n) is 3.77. The molecular formula is C29H30ClF3N2O4. The molecule has 10 heteroatoms. The monoisotopic (exact) mass is 562 g/mol. The van der Waals surface area contributed by atoms with E-state index in [1.807, 2.05) is 0 Å². The van der Waals surface area contributed by atoms with Gasteiger partial charge in [-0.05, 0) is 59.5 Å². The van der Waals surface area contributed by atoms with Crippen molar-refractivity contribution in [3.05, 3.63) is 82.9 Å². The maximum absolute atomic E-state index is 12.7. The highest BCUT2D eigenvalue weighted by Crippen LogP contribution is 2.32. The maximum atomic E-state index is 12.7. The van der Waals surface area contributed by atoms with Crippen LogP contribution in [0.4, 0.5) is 18.9 Å². The minimum absolute atomic E-state index is 0.0458. The number of carbonyl (C=O) groups excluding carboxylic acids is 1. The summed E-state index contributed by atoms with van der Waals surface area (Å²) in [6.07, 6.45) is -5.47. The van der Waals surface area contributed by atoms with Gasteiger partial charge >= 0.3 is 12.1 Å². The molecule has 1 unspecified atom stereocenters. The van der Waals surface area contributed by atoms with Crippen LogP contribution in [0.2, 0.25) is 5.02 Å². The Labute approximate surface area is 230 Å². The summed E-state index contributed by atoms with van der Waals surface area (Å²) in [5.41, 5.74) is 2.74. The molecule has 0 spiro atoms. The zero-order valence-corrected chi connectivity index (χ0v) is 22.3. The molecule has 0 aromatic heterocycles. The van der Waals surface area contributed by atoms with Crippen molar-refractivity contribution in [2.24, 2.45) is 5.92 Å². The van der Waals surface area contributed by atoms with E-state index < -0.39 is 18.6 Å². The van der Waals surface area contributed by atoms with Gasteiger partial charge in [-0.15, -0.1) is 0 Å². The largest absolute Gasteiger partial charge is 0.491 e. The molecule has 3 aromatic carbocycles. The lowest BCUT2D eigenvalue weighted by molar-refractivity contribution is -0.136. The fraction of sp³-hybridized carbons (Fsp3) is 0.310. The molecule has 208 valence electrons. The summed E-state index contributed by atoms with van der Waals surface area (Å²) in [5, 5.41) is 14.9. The van der Waals surface area contributed by atoms with Crippen LogP contribution in [0.5, 0.6) is 5.75 Å². The average Bonchev–Trinajstić information content (AvgIpc) is 2.86. The molecule has 3 N–H and O–H groups in total. The molecule has 0 bridgehead atoms. The summed E-state index contributed by atoms with van der Waals surface area (Å²) in [7, 11) is 0. The Morgan fingerprint density at radius 2 is 1.67 bits per heavy atom. The van der Waals surface area contributed by atoms with Gasteiger partial charge < -0.3 is 20.5 Å². The summed E-state index contributed by atoms with van der Waals surface area (Å²) in [4.78, 5) is 22.7. The zero-order valence-electron chi connectivity index (χ0n) is 21.5. The van der Waals surface area contributed by atoms with Crippen LogP contribution in [-0.4, -0.2) is 42.4 Å². The van der Waals surface area contributed by atoms with Crippen molar-refractivity contribution in [1.29, 1.82) is 0 Å². The molecule has 0 aliphatic heterocycles. The molecule has 0 aliphatic rings. The molecular weight excluding hydrogens is 533 g/mol. The number of hydrogen-bond acceptors (Lipinski definition) is 4. The third kappa shape index (κ3) is 9.51. The lowest BCUT2D eigenvalue weighted by Gasteiger charge is -2.24.